The first kappa shape index (κ1) is 14.4. The van der Waals surface area contributed by atoms with Crippen molar-refractivity contribution < 1.29 is 14.3 Å². The summed E-state index contributed by atoms with van der Waals surface area (Å²) in [6.45, 7) is 3.53. The lowest BCUT2D eigenvalue weighted by Crippen LogP contribution is -2.42. The van der Waals surface area contributed by atoms with E-state index < -0.39 is 12.1 Å². The second-order valence-electron chi connectivity index (χ2n) is 4.74. The summed E-state index contributed by atoms with van der Waals surface area (Å²) < 4.78 is 4.89. The minimum absolute atomic E-state index is 0.0678. The molecule has 0 saturated carbocycles. The molecule has 1 saturated heterocycles. The third-order valence-corrected chi connectivity index (χ3v) is 3.34. The average Bonchev–Trinajstić information content (AvgIpc) is 2.99. The van der Waals surface area contributed by atoms with Gasteiger partial charge in [0.2, 0.25) is 5.91 Å². The van der Waals surface area contributed by atoms with Crippen LogP contribution in [-0.2, 0) is 9.53 Å². The van der Waals surface area contributed by atoms with E-state index in [1.807, 2.05) is 30.3 Å². The number of rotatable bonds is 4. The summed E-state index contributed by atoms with van der Waals surface area (Å²) in [5.41, 5.74) is 0.775. The predicted molar refractivity (Wildman–Crippen MR) is 75.2 cm³/mol. The number of nitrogens with zero attached hydrogens (tertiary/aromatic N) is 1. The van der Waals surface area contributed by atoms with Gasteiger partial charge in [0.05, 0.1) is 6.61 Å². The topological polar surface area (TPSA) is 58.6 Å². The van der Waals surface area contributed by atoms with Gasteiger partial charge in [-0.25, -0.2) is 4.79 Å². The fourth-order valence-corrected chi connectivity index (χ4v) is 2.34. The van der Waals surface area contributed by atoms with Crippen molar-refractivity contribution in [3.05, 3.63) is 35.9 Å². The van der Waals surface area contributed by atoms with Crippen LogP contribution >= 0.6 is 0 Å². The third-order valence-electron chi connectivity index (χ3n) is 3.34. The molecule has 0 unspecified atom stereocenters. The number of amides is 2. The molecule has 108 valence electrons. The Bertz CT molecular complexity index is 455. The number of benzene rings is 1. The number of carbonyl (C=O) groups excluding carboxylic acids is 2. The standard InChI is InChI=1S/C15H20N2O3/c1-2-20-15(19)16-13(12-8-4-3-5-9-12)14(18)17-10-6-7-11-17/h3-5,8-9,13H,2,6-7,10-11H2,1H3,(H,16,19)/t13-/m0/s1. The molecular weight excluding hydrogens is 256 g/mol. The summed E-state index contributed by atoms with van der Waals surface area (Å²) in [4.78, 5) is 26.0. The van der Waals surface area contributed by atoms with Crippen LogP contribution in [0.25, 0.3) is 0 Å². The Labute approximate surface area is 118 Å². The fourth-order valence-electron chi connectivity index (χ4n) is 2.34. The van der Waals surface area contributed by atoms with E-state index in [4.69, 9.17) is 4.74 Å². The number of hydrogen-bond acceptors (Lipinski definition) is 3. The molecule has 0 bridgehead atoms. The number of likely N-dealkylation sites (tertiary alicyclic amines) is 1. The molecule has 1 fully saturated rings. The van der Waals surface area contributed by atoms with Crippen molar-refractivity contribution in [1.82, 2.24) is 10.2 Å². The Hall–Kier alpha value is -2.04. The number of nitrogens with one attached hydrogen (secondary N) is 1. The van der Waals surface area contributed by atoms with Crippen molar-refractivity contribution in [3.8, 4) is 0 Å². The van der Waals surface area contributed by atoms with Crippen LogP contribution in [0.3, 0.4) is 0 Å². The van der Waals surface area contributed by atoms with Gasteiger partial charge in [0.15, 0.2) is 0 Å². The summed E-state index contributed by atoms with van der Waals surface area (Å²) in [5, 5.41) is 2.66. The predicted octanol–water partition coefficient (Wildman–Crippen LogP) is 2.10. The number of ether oxygens (including phenoxy) is 1. The normalized spacial score (nSPS) is 15.8. The molecule has 0 aromatic heterocycles. The number of hydrogen-bond donors (Lipinski definition) is 1. The molecule has 20 heavy (non-hydrogen) atoms. The van der Waals surface area contributed by atoms with Crippen molar-refractivity contribution in [3.63, 3.8) is 0 Å². The van der Waals surface area contributed by atoms with E-state index in [1.54, 1.807) is 11.8 Å². The molecule has 0 spiro atoms. The smallest absolute Gasteiger partial charge is 0.408 e. The highest BCUT2D eigenvalue weighted by atomic mass is 16.5. The van der Waals surface area contributed by atoms with Crippen LogP contribution in [0.2, 0.25) is 0 Å². The molecule has 1 aliphatic heterocycles. The van der Waals surface area contributed by atoms with Crippen molar-refractivity contribution >= 4 is 12.0 Å². The lowest BCUT2D eigenvalue weighted by Gasteiger charge is -2.24. The Kier molecular flexibility index (Phi) is 4.98. The van der Waals surface area contributed by atoms with Crippen molar-refractivity contribution in [1.29, 1.82) is 0 Å². The quantitative estimate of drug-likeness (QED) is 0.916. The van der Waals surface area contributed by atoms with Gasteiger partial charge in [-0.2, -0.15) is 0 Å². The maximum atomic E-state index is 12.5. The van der Waals surface area contributed by atoms with Gasteiger partial charge in [0, 0.05) is 13.1 Å². The van der Waals surface area contributed by atoms with Crippen LogP contribution in [-0.4, -0.2) is 36.6 Å². The molecule has 0 radical (unpaired) electrons. The van der Waals surface area contributed by atoms with Crippen molar-refractivity contribution in [2.45, 2.75) is 25.8 Å². The lowest BCUT2D eigenvalue weighted by atomic mass is 10.1. The first-order chi connectivity index (χ1) is 9.72. The third kappa shape index (κ3) is 3.50. The average molecular weight is 276 g/mol. The van der Waals surface area contributed by atoms with Crippen molar-refractivity contribution in [2.75, 3.05) is 19.7 Å². The van der Waals surface area contributed by atoms with Crippen LogP contribution in [0.15, 0.2) is 30.3 Å². The molecular formula is C15H20N2O3. The highest BCUT2D eigenvalue weighted by Crippen LogP contribution is 2.19. The van der Waals surface area contributed by atoms with Crippen LogP contribution in [0.5, 0.6) is 0 Å². The van der Waals surface area contributed by atoms with Crippen LogP contribution in [0, 0.1) is 0 Å². The second kappa shape index (κ2) is 6.93. The molecule has 2 amide bonds. The van der Waals surface area contributed by atoms with Gasteiger partial charge in [-0.3, -0.25) is 4.79 Å². The zero-order valence-electron chi connectivity index (χ0n) is 11.7. The molecule has 2 rings (SSSR count). The molecule has 1 aromatic rings. The van der Waals surface area contributed by atoms with E-state index in [9.17, 15) is 9.59 Å². The van der Waals surface area contributed by atoms with Crippen molar-refractivity contribution in [2.24, 2.45) is 0 Å². The Morgan fingerprint density at radius 1 is 1.25 bits per heavy atom. The van der Waals surface area contributed by atoms with Gasteiger partial charge >= 0.3 is 6.09 Å². The molecule has 1 aromatic carbocycles. The van der Waals surface area contributed by atoms with Gasteiger partial charge in [0.25, 0.3) is 0 Å². The summed E-state index contributed by atoms with van der Waals surface area (Å²) in [5.74, 6) is -0.0678. The maximum absolute atomic E-state index is 12.5. The van der Waals surface area contributed by atoms with Crippen LogP contribution in [0.1, 0.15) is 31.4 Å². The molecule has 0 aliphatic carbocycles. The van der Waals surface area contributed by atoms with Gasteiger partial charge in [-0.05, 0) is 25.3 Å². The van der Waals surface area contributed by atoms with Crippen LogP contribution in [0.4, 0.5) is 4.79 Å². The zero-order chi connectivity index (χ0) is 14.4. The summed E-state index contributed by atoms with van der Waals surface area (Å²) >= 11 is 0. The maximum Gasteiger partial charge on any atom is 0.408 e. The summed E-state index contributed by atoms with van der Waals surface area (Å²) in [6, 6.07) is 8.59. The first-order valence-electron chi connectivity index (χ1n) is 6.99. The van der Waals surface area contributed by atoms with E-state index in [1.165, 1.54) is 0 Å². The minimum atomic E-state index is -0.673. The molecule has 1 aliphatic rings. The van der Waals surface area contributed by atoms with Gasteiger partial charge in [0.1, 0.15) is 6.04 Å². The number of alkyl carbamates (subject to hydrolysis) is 1. The highest BCUT2D eigenvalue weighted by molar-refractivity contribution is 5.87. The van der Waals surface area contributed by atoms with E-state index in [2.05, 4.69) is 5.32 Å². The molecule has 5 nitrogen and oxygen atoms in total. The Morgan fingerprint density at radius 2 is 1.90 bits per heavy atom. The van der Waals surface area contributed by atoms with E-state index in [0.29, 0.717) is 0 Å². The molecule has 1 N–H and O–H groups in total. The highest BCUT2D eigenvalue weighted by Gasteiger charge is 2.29. The van der Waals surface area contributed by atoms with E-state index in [0.717, 1.165) is 31.5 Å². The minimum Gasteiger partial charge on any atom is -0.450 e. The zero-order valence-corrected chi connectivity index (χ0v) is 11.7. The fraction of sp³-hybridized carbons (Fsp3) is 0.467. The summed E-state index contributed by atoms with van der Waals surface area (Å²) in [7, 11) is 0. The Balaban J connectivity index is 2.15. The van der Waals surface area contributed by atoms with Crippen LogP contribution < -0.4 is 5.32 Å². The lowest BCUT2D eigenvalue weighted by molar-refractivity contribution is -0.132. The van der Waals surface area contributed by atoms with Gasteiger partial charge in [-0.15, -0.1) is 0 Å². The van der Waals surface area contributed by atoms with Gasteiger partial charge < -0.3 is 15.0 Å². The second-order valence-corrected chi connectivity index (χ2v) is 4.74. The Morgan fingerprint density at radius 3 is 2.50 bits per heavy atom. The van der Waals surface area contributed by atoms with Gasteiger partial charge in [-0.1, -0.05) is 30.3 Å². The SMILES string of the molecule is CCOC(=O)N[C@H](C(=O)N1CCCC1)c1ccccc1. The monoisotopic (exact) mass is 276 g/mol. The largest absolute Gasteiger partial charge is 0.450 e. The van der Waals surface area contributed by atoms with E-state index in [-0.39, 0.29) is 12.5 Å². The first-order valence-corrected chi connectivity index (χ1v) is 6.99. The summed E-state index contributed by atoms with van der Waals surface area (Å²) in [6.07, 6.45) is 1.48. The number of carbonyl (C=O) groups is 2. The molecule has 1 atom stereocenters. The molecule has 1 heterocycles. The van der Waals surface area contributed by atoms with E-state index >= 15 is 0 Å². The molecule has 5 heteroatoms.